The van der Waals surface area contributed by atoms with Crippen LogP contribution < -0.4 is 10.5 Å². The monoisotopic (exact) mass is 235 g/mol. The van der Waals surface area contributed by atoms with E-state index in [2.05, 4.69) is 4.74 Å². The number of anilines is 1. The van der Waals surface area contributed by atoms with E-state index in [1.54, 1.807) is 0 Å². The largest absolute Gasteiger partial charge is 0.494 e. The zero-order valence-corrected chi connectivity index (χ0v) is 9.06. The molecule has 0 aliphatic heterocycles. The minimum absolute atomic E-state index is 0. The molecule has 0 saturated heterocycles. The van der Waals surface area contributed by atoms with Crippen LogP contribution in [0.25, 0.3) is 0 Å². The van der Waals surface area contributed by atoms with E-state index in [9.17, 15) is 9.18 Å². The second-order valence-electron chi connectivity index (χ2n) is 2.57. The van der Waals surface area contributed by atoms with Crippen molar-refractivity contribution in [2.24, 2.45) is 0 Å². The van der Waals surface area contributed by atoms with E-state index < -0.39 is 11.8 Å². The molecule has 0 fully saturated rings. The predicted molar refractivity (Wildman–Crippen MR) is 56.0 cm³/mol. The highest BCUT2D eigenvalue weighted by molar-refractivity contribution is 5.91. The fourth-order valence-electron chi connectivity index (χ4n) is 1.00. The fourth-order valence-corrected chi connectivity index (χ4v) is 1.00. The van der Waals surface area contributed by atoms with Crippen LogP contribution in [0.4, 0.5) is 10.1 Å². The zero-order valence-electron chi connectivity index (χ0n) is 8.24. The van der Waals surface area contributed by atoms with Gasteiger partial charge in [0.15, 0.2) is 11.6 Å². The molecule has 0 bridgehead atoms. The van der Waals surface area contributed by atoms with Gasteiger partial charge in [-0.25, -0.2) is 9.18 Å². The molecule has 0 aliphatic rings. The van der Waals surface area contributed by atoms with Crippen LogP contribution in [0, 0.1) is 5.82 Å². The lowest BCUT2D eigenvalue weighted by atomic mass is 10.2. The van der Waals surface area contributed by atoms with Gasteiger partial charge in [0.2, 0.25) is 0 Å². The van der Waals surface area contributed by atoms with Crippen LogP contribution in [0.3, 0.4) is 0 Å². The van der Waals surface area contributed by atoms with Crippen LogP contribution in [0.15, 0.2) is 12.1 Å². The molecule has 0 amide bonds. The summed E-state index contributed by atoms with van der Waals surface area (Å²) in [6.45, 7) is 0. The first-order valence-electron chi connectivity index (χ1n) is 3.81. The molecule has 1 aromatic carbocycles. The number of hydrogen-bond acceptors (Lipinski definition) is 4. The molecular formula is C9H11ClFNO3. The lowest BCUT2D eigenvalue weighted by Crippen LogP contribution is -2.04. The second-order valence-corrected chi connectivity index (χ2v) is 2.57. The minimum atomic E-state index is -0.680. The van der Waals surface area contributed by atoms with Crippen molar-refractivity contribution in [2.75, 3.05) is 20.0 Å². The number of nitrogens with two attached hydrogens (primary N) is 1. The Bertz CT molecular complexity index is 371. The van der Waals surface area contributed by atoms with Gasteiger partial charge in [0.1, 0.15) is 0 Å². The van der Waals surface area contributed by atoms with Gasteiger partial charge in [-0.05, 0) is 12.1 Å². The van der Waals surface area contributed by atoms with Gasteiger partial charge in [0.05, 0.1) is 25.5 Å². The summed E-state index contributed by atoms with van der Waals surface area (Å²) < 4.78 is 22.3. The quantitative estimate of drug-likeness (QED) is 0.625. The van der Waals surface area contributed by atoms with E-state index in [1.165, 1.54) is 26.4 Å². The summed E-state index contributed by atoms with van der Waals surface area (Å²) >= 11 is 0. The third kappa shape index (κ3) is 2.73. The highest BCUT2D eigenvalue weighted by Crippen LogP contribution is 2.24. The van der Waals surface area contributed by atoms with Crippen molar-refractivity contribution in [1.29, 1.82) is 0 Å². The summed E-state index contributed by atoms with van der Waals surface area (Å²) in [5.41, 5.74) is 5.33. The summed E-state index contributed by atoms with van der Waals surface area (Å²) in [5, 5.41) is 0. The molecule has 0 aromatic heterocycles. The highest BCUT2D eigenvalue weighted by Gasteiger charge is 2.13. The smallest absolute Gasteiger partial charge is 0.338 e. The van der Waals surface area contributed by atoms with Gasteiger partial charge < -0.3 is 15.2 Å². The number of ether oxygens (including phenoxy) is 2. The lowest BCUT2D eigenvalue weighted by molar-refractivity contribution is 0.0600. The van der Waals surface area contributed by atoms with Gasteiger partial charge in [-0.1, -0.05) is 0 Å². The molecule has 1 aromatic rings. The number of hydrogen-bond donors (Lipinski definition) is 1. The van der Waals surface area contributed by atoms with E-state index in [-0.39, 0.29) is 29.4 Å². The first-order valence-corrected chi connectivity index (χ1v) is 3.81. The molecule has 0 saturated carbocycles. The Morgan fingerprint density at radius 1 is 1.40 bits per heavy atom. The molecule has 2 N–H and O–H groups in total. The summed E-state index contributed by atoms with van der Waals surface area (Å²) in [6, 6.07) is 2.43. The standard InChI is InChI=1S/C9H10FNO3.ClH/c1-13-7-4-5(9(12)14-2)3-6(11)8(7)10;/h3-4H,11H2,1-2H3;1H. The van der Waals surface area contributed by atoms with Gasteiger partial charge in [0, 0.05) is 0 Å². The minimum Gasteiger partial charge on any atom is -0.494 e. The number of carbonyl (C=O) groups is 1. The zero-order chi connectivity index (χ0) is 10.7. The fraction of sp³-hybridized carbons (Fsp3) is 0.222. The molecule has 0 aliphatic carbocycles. The topological polar surface area (TPSA) is 61.5 Å². The molecule has 4 nitrogen and oxygen atoms in total. The molecule has 6 heteroatoms. The maximum atomic E-state index is 13.1. The van der Waals surface area contributed by atoms with Gasteiger partial charge in [0.25, 0.3) is 0 Å². The van der Waals surface area contributed by atoms with Gasteiger partial charge >= 0.3 is 5.97 Å². The van der Waals surface area contributed by atoms with Crippen LogP contribution in [0.2, 0.25) is 0 Å². The number of methoxy groups -OCH3 is 2. The molecule has 0 unspecified atom stereocenters. The maximum Gasteiger partial charge on any atom is 0.338 e. The number of benzene rings is 1. The molecule has 15 heavy (non-hydrogen) atoms. The van der Waals surface area contributed by atoms with E-state index in [1.807, 2.05) is 0 Å². The van der Waals surface area contributed by atoms with Crippen molar-refractivity contribution in [3.63, 3.8) is 0 Å². The van der Waals surface area contributed by atoms with Crippen molar-refractivity contribution in [1.82, 2.24) is 0 Å². The SMILES string of the molecule is COC(=O)c1cc(N)c(F)c(OC)c1.Cl. The normalized spacial score (nSPS) is 9.00. The van der Waals surface area contributed by atoms with Crippen molar-refractivity contribution >= 4 is 24.1 Å². The number of rotatable bonds is 2. The van der Waals surface area contributed by atoms with Crippen molar-refractivity contribution < 1.29 is 18.7 Å². The number of halogens is 2. The summed E-state index contributed by atoms with van der Waals surface area (Å²) in [4.78, 5) is 11.1. The summed E-state index contributed by atoms with van der Waals surface area (Å²) in [7, 11) is 2.52. The second kappa shape index (κ2) is 5.41. The van der Waals surface area contributed by atoms with Crippen molar-refractivity contribution in [2.45, 2.75) is 0 Å². The van der Waals surface area contributed by atoms with Crippen LogP contribution in [0.5, 0.6) is 5.75 Å². The summed E-state index contributed by atoms with van der Waals surface area (Å²) in [5.74, 6) is -1.35. The first-order chi connectivity index (χ1) is 6.60. The third-order valence-electron chi connectivity index (χ3n) is 1.71. The number of carbonyl (C=O) groups excluding carboxylic acids is 1. The lowest BCUT2D eigenvalue weighted by Gasteiger charge is -2.06. The Morgan fingerprint density at radius 3 is 2.47 bits per heavy atom. The van der Waals surface area contributed by atoms with Gasteiger partial charge in [-0.3, -0.25) is 0 Å². The van der Waals surface area contributed by atoms with Crippen LogP contribution in [-0.4, -0.2) is 20.2 Å². The molecular weight excluding hydrogens is 225 g/mol. The van der Waals surface area contributed by atoms with Crippen molar-refractivity contribution in [3.05, 3.63) is 23.5 Å². The van der Waals surface area contributed by atoms with E-state index >= 15 is 0 Å². The van der Waals surface area contributed by atoms with Crippen molar-refractivity contribution in [3.8, 4) is 5.75 Å². The number of esters is 1. The molecule has 84 valence electrons. The predicted octanol–water partition coefficient (Wildman–Crippen LogP) is 1.62. The summed E-state index contributed by atoms with van der Waals surface area (Å²) in [6.07, 6.45) is 0. The third-order valence-corrected chi connectivity index (χ3v) is 1.71. The van der Waals surface area contributed by atoms with E-state index in [0.29, 0.717) is 0 Å². The Hall–Kier alpha value is -1.49. The Kier molecular flexibility index (Phi) is 4.87. The Balaban J connectivity index is 0.00000196. The maximum absolute atomic E-state index is 13.1. The van der Waals surface area contributed by atoms with E-state index in [0.717, 1.165) is 0 Å². The highest BCUT2D eigenvalue weighted by atomic mass is 35.5. The van der Waals surface area contributed by atoms with Crippen LogP contribution in [-0.2, 0) is 4.74 Å². The van der Waals surface area contributed by atoms with Crippen LogP contribution >= 0.6 is 12.4 Å². The Morgan fingerprint density at radius 2 is 2.00 bits per heavy atom. The Labute approximate surface area is 92.6 Å². The molecule has 0 spiro atoms. The molecule has 0 heterocycles. The first kappa shape index (κ1) is 13.5. The van der Waals surface area contributed by atoms with E-state index in [4.69, 9.17) is 10.5 Å². The number of nitrogen functional groups attached to an aromatic ring is 1. The van der Waals surface area contributed by atoms with Gasteiger partial charge in [-0.2, -0.15) is 0 Å². The molecule has 0 atom stereocenters. The van der Waals surface area contributed by atoms with Crippen LogP contribution in [0.1, 0.15) is 10.4 Å². The van der Waals surface area contributed by atoms with Gasteiger partial charge in [-0.15, -0.1) is 12.4 Å². The average molecular weight is 236 g/mol. The average Bonchev–Trinajstić information content (AvgIpc) is 2.20. The molecule has 1 rings (SSSR count). The molecule has 0 radical (unpaired) electrons.